The molecule has 6 heteroatoms. The van der Waals surface area contributed by atoms with Gasteiger partial charge in [0.15, 0.2) is 0 Å². The van der Waals surface area contributed by atoms with Gasteiger partial charge in [-0.1, -0.05) is 12.1 Å². The normalized spacial score (nSPS) is 10.6. The summed E-state index contributed by atoms with van der Waals surface area (Å²) in [5, 5.41) is 2.47. The Hall–Kier alpha value is -1.56. The van der Waals surface area contributed by atoms with Crippen LogP contribution in [0.5, 0.6) is 0 Å². The van der Waals surface area contributed by atoms with Gasteiger partial charge in [-0.2, -0.15) is 8.78 Å². The zero-order valence-electron chi connectivity index (χ0n) is 8.96. The van der Waals surface area contributed by atoms with Crippen LogP contribution in [0.1, 0.15) is 12.0 Å². The van der Waals surface area contributed by atoms with Gasteiger partial charge in [0.05, 0.1) is 13.0 Å². The second-order valence-corrected chi connectivity index (χ2v) is 3.29. The summed E-state index contributed by atoms with van der Waals surface area (Å²) in [6, 6.07) is 5.76. The molecular weight excluding hydrogens is 235 g/mol. The quantitative estimate of drug-likeness (QED) is 0.835. The first-order chi connectivity index (χ1) is 8.08. The molecule has 0 atom stereocenters. The smallest absolute Gasteiger partial charge is 0.345 e. The van der Waals surface area contributed by atoms with Crippen LogP contribution in [0.4, 0.5) is 13.2 Å². The molecule has 0 spiro atoms. The average molecular weight is 247 g/mol. The van der Waals surface area contributed by atoms with Crippen LogP contribution in [-0.2, 0) is 16.1 Å². The van der Waals surface area contributed by atoms with E-state index in [1.54, 1.807) is 6.07 Å². The number of benzene rings is 1. The van der Waals surface area contributed by atoms with Crippen LogP contribution in [0.2, 0.25) is 0 Å². The van der Waals surface area contributed by atoms with Crippen LogP contribution in [0.25, 0.3) is 0 Å². The maximum absolute atomic E-state index is 12.8. The second kappa shape index (κ2) is 6.90. The number of alkyl halides is 2. The fraction of sp³-hybridized carbons (Fsp3) is 0.364. The lowest BCUT2D eigenvalue weighted by Crippen LogP contribution is -2.24. The SMILES string of the molecule is O=C(CCOC(F)F)NCc1cccc(F)c1. The van der Waals surface area contributed by atoms with Crippen molar-refractivity contribution in [2.75, 3.05) is 6.61 Å². The Morgan fingerprint density at radius 2 is 2.18 bits per heavy atom. The summed E-state index contributed by atoms with van der Waals surface area (Å²) < 4.78 is 39.9. The van der Waals surface area contributed by atoms with Crippen molar-refractivity contribution in [1.82, 2.24) is 5.32 Å². The highest BCUT2D eigenvalue weighted by Crippen LogP contribution is 2.03. The Morgan fingerprint density at radius 1 is 1.41 bits per heavy atom. The highest BCUT2D eigenvalue weighted by atomic mass is 19.3. The first kappa shape index (κ1) is 13.5. The molecular formula is C11H12F3NO2. The number of halogens is 3. The summed E-state index contributed by atoms with van der Waals surface area (Å²) in [6.45, 7) is -3.05. The molecule has 0 heterocycles. The van der Waals surface area contributed by atoms with Crippen molar-refractivity contribution in [2.45, 2.75) is 19.6 Å². The fourth-order valence-corrected chi connectivity index (χ4v) is 1.18. The molecule has 1 aromatic carbocycles. The Kier molecular flexibility index (Phi) is 5.48. The molecule has 0 bridgehead atoms. The molecule has 0 radical (unpaired) electrons. The zero-order valence-corrected chi connectivity index (χ0v) is 8.96. The van der Waals surface area contributed by atoms with Crippen LogP contribution in [0.3, 0.4) is 0 Å². The van der Waals surface area contributed by atoms with Crippen molar-refractivity contribution in [3.05, 3.63) is 35.6 Å². The number of rotatable bonds is 6. The number of ether oxygens (including phenoxy) is 1. The lowest BCUT2D eigenvalue weighted by atomic mass is 10.2. The minimum Gasteiger partial charge on any atom is -0.352 e. The predicted octanol–water partition coefficient (Wildman–Crippen LogP) is 2.07. The van der Waals surface area contributed by atoms with Gasteiger partial charge >= 0.3 is 6.61 Å². The molecule has 1 N–H and O–H groups in total. The zero-order chi connectivity index (χ0) is 12.7. The third kappa shape index (κ3) is 5.91. The van der Waals surface area contributed by atoms with E-state index in [0.717, 1.165) is 0 Å². The number of amides is 1. The summed E-state index contributed by atoms with van der Waals surface area (Å²) in [5.74, 6) is -0.812. The Morgan fingerprint density at radius 3 is 2.82 bits per heavy atom. The number of hydrogen-bond acceptors (Lipinski definition) is 2. The monoisotopic (exact) mass is 247 g/mol. The number of carbonyl (C=O) groups excluding carboxylic acids is 1. The van der Waals surface area contributed by atoms with Crippen LogP contribution in [-0.4, -0.2) is 19.1 Å². The van der Waals surface area contributed by atoms with Crippen molar-refractivity contribution in [3.63, 3.8) is 0 Å². The van der Waals surface area contributed by atoms with Gasteiger partial charge < -0.3 is 10.1 Å². The summed E-state index contributed by atoms with van der Waals surface area (Å²) >= 11 is 0. The molecule has 0 unspecified atom stereocenters. The van der Waals surface area contributed by atoms with Gasteiger partial charge in [0, 0.05) is 6.54 Å². The Bertz CT molecular complexity index is 371. The molecule has 94 valence electrons. The molecule has 1 amide bonds. The van der Waals surface area contributed by atoms with Crippen molar-refractivity contribution in [2.24, 2.45) is 0 Å². The van der Waals surface area contributed by atoms with Crippen molar-refractivity contribution in [3.8, 4) is 0 Å². The first-order valence-corrected chi connectivity index (χ1v) is 4.99. The molecule has 0 aliphatic rings. The molecule has 3 nitrogen and oxygen atoms in total. The number of carbonyl (C=O) groups is 1. The molecule has 0 aliphatic heterocycles. The summed E-state index contributed by atoms with van der Waals surface area (Å²) in [4.78, 5) is 11.2. The van der Waals surface area contributed by atoms with E-state index >= 15 is 0 Å². The van der Waals surface area contributed by atoms with Crippen molar-refractivity contribution in [1.29, 1.82) is 0 Å². The summed E-state index contributed by atoms with van der Waals surface area (Å²) in [5.41, 5.74) is 0.605. The van der Waals surface area contributed by atoms with Gasteiger partial charge in [-0.05, 0) is 17.7 Å². The minimum atomic E-state index is -2.87. The molecule has 0 saturated carbocycles. The predicted molar refractivity (Wildman–Crippen MR) is 54.8 cm³/mol. The largest absolute Gasteiger partial charge is 0.352 e. The lowest BCUT2D eigenvalue weighted by molar-refractivity contribution is -0.138. The van der Waals surface area contributed by atoms with Crippen LogP contribution < -0.4 is 5.32 Å². The molecule has 17 heavy (non-hydrogen) atoms. The standard InChI is InChI=1S/C11H12F3NO2/c12-9-3-1-2-8(6-9)7-15-10(16)4-5-17-11(13)14/h1-3,6,11H,4-5,7H2,(H,15,16). The Balaban J connectivity index is 2.24. The molecule has 1 aromatic rings. The molecule has 0 aliphatic carbocycles. The summed E-state index contributed by atoms with van der Waals surface area (Å²) in [7, 11) is 0. The minimum absolute atomic E-state index is 0.153. The van der Waals surface area contributed by atoms with Gasteiger partial charge in [0.1, 0.15) is 5.82 Å². The van der Waals surface area contributed by atoms with Gasteiger partial charge in [-0.25, -0.2) is 4.39 Å². The van der Waals surface area contributed by atoms with E-state index < -0.39 is 18.3 Å². The average Bonchev–Trinajstić information content (AvgIpc) is 2.26. The van der Waals surface area contributed by atoms with E-state index in [1.165, 1.54) is 18.2 Å². The molecule has 0 aromatic heterocycles. The molecule has 0 fully saturated rings. The van der Waals surface area contributed by atoms with Gasteiger partial charge in [-0.3, -0.25) is 4.79 Å². The third-order valence-corrected chi connectivity index (χ3v) is 1.95. The van der Waals surface area contributed by atoms with E-state index in [4.69, 9.17) is 0 Å². The third-order valence-electron chi connectivity index (χ3n) is 1.95. The van der Waals surface area contributed by atoms with Crippen molar-refractivity contribution < 1.29 is 22.7 Å². The maximum atomic E-state index is 12.8. The highest BCUT2D eigenvalue weighted by Gasteiger charge is 2.05. The van der Waals surface area contributed by atoms with Crippen molar-refractivity contribution >= 4 is 5.91 Å². The number of hydrogen-bond donors (Lipinski definition) is 1. The first-order valence-electron chi connectivity index (χ1n) is 4.99. The second-order valence-electron chi connectivity index (χ2n) is 3.29. The van der Waals surface area contributed by atoms with E-state index in [0.29, 0.717) is 5.56 Å². The molecule has 1 rings (SSSR count). The van der Waals surface area contributed by atoms with Crippen LogP contribution in [0, 0.1) is 5.82 Å². The van der Waals surface area contributed by atoms with E-state index in [-0.39, 0.29) is 19.6 Å². The van der Waals surface area contributed by atoms with Crippen LogP contribution >= 0.6 is 0 Å². The maximum Gasteiger partial charge on any atom is 0.345 e. The van der Waals surface area contributed by atoms with Gasteiger partial charge in [0.25, 0.3) is 0 Å². The lowest BCUT2D eigenvalue weighted by Gasteiger charge is -2.05. The molecule has 0 saturated heterocycles. The Labute approximate surface area is 96.6 Å². The fourth-order valence-electron chi connectivity index (χ4n) is 1.18. The van der Waals surface area contributed by atoms with E-state index in [1.807, 2.05) is 0 Å². The van der Waals surface area contributed by atoms with Crippen LogP contribution in [0.15, 0.2) is 24.3 Å². The van der Waals surface area contributed by atoms with E-state index in [2.05, 4.69) is 10.1 Å². The topological polar surface area (TPSA) is 38.3 Å². The summed E-state index contributed by atoms with van der Waals surface area (Å²) in [6.07, 6.45) is -0.153. The van der Waals surface area contributed by atoms with E-state index in [9.17, 15) is 18.0 Å². The highest BCUT2D eigenvalue weighted by molar-refractivity contribution is 5.75. The number of nitrogens with one attached hydrogen (secondary N) is 1. The van der Waals surface area contributed by atoms with Gasteiger partial charge in [0.2, 0.25) is 5.91 Å². The van der Waals surface area contributed by atoms with Gasteiger partial charge in [-0.15, -0.1) is 0 Å².